The van der Waals surface area contributed by atoms with Crippen molar-refractivity contribution in [2.75, 3.05) is 38.3 Å². The highest BCUT2D eigenvalue weighted by Crippen LogP contribution is 2.32. The predicted molar refractivity (Wildman–Crippen MR) is 101 cm³/mol. The highest BCUT2D eigenvalue weighted by atomic mass is 32.1. The number of hydrogen-bond acceptors (Lipinski definition) is 7. The molecule has 0 atom stereocenters. The van der Waals surface area contributed by atoms with Gasteiger partial charge in [-0.2, -0.15) is 0 Å². The third-order valence-electron chi connectivity index (χ3n) is 4.59. The Hall–Kier alpha value is -3.14. The Morgan fingerprint density at radius 3 is 2.54 bits per heavy atom. The second-order valence-corrected chi connectivity index (χ2v) is 7.22. The van der Waals surface area contributed by atoms with Crippen LogP contribution in [0.4, 0.5) is 5.13 Å². The van der Waals surface area contributed by atoms with Crippen molar-refractivity contribution in [2.24, 2.45) is 0 Å². The third-order valence-corrected chi connectivity index (χ3v) is 5.35. The second-order valence-electron chi connectivity index (χ2n) is 6.36. The van der Waals surface area contributed by atoms with E-state index in [0.29, 0.717) is 48.4 Å². The van der Waals surface area contributed by atoms with Crippen molar-refractivity contribution >= 4 is 34.2 Å². The Labute approximate surface area is 164 Å². The van der Waals surface area contributed by atoms with Crippen LogP contribution in [0, 0.1) is 0 Å². The van der Waals surface area contributed by atoms with E-state index in [2.05, 4.69) is 10.3 Å². The Bertz CT molecular complexity index is 936. The Kier molecular flexibility index (Phi) is 4.86. The van der Waals surface area contributed by atoms with Gasteiger partial charge in [-0.3, -0.25) is 19.7 Å². The quantitative estimate of drug-likeness (QED) is 0.834. The van der Waals surface area contributed by atoms with E-state index >= 15 is 0 Å². The van der Waals surface area contributed by atoms with Gasteiger partial charge in [-0.25, -0.2) is 4.98 Å². The fourth-order valence-electron chi connectivity index (χ4n) is 3.02. The largest absolute Gasteiger partial charge is 0.454 e. The number of benzene rings is 1. The molecule has 1 aromatic heterocycles. The lowest BCUT2D eigenvalue weighted by Gasteiger charge is -2.33. The van der Waals surface area contributed by atoms with E-state index in [-0.39, 0.29) is 30.2 Å². The first-order valence-corrected chi connectivity index (χ1v) is 9.60. The van der Waals surface area contributed by atoms with Gasteiger partial charge in [-0.1, -0.05) is 0 Å². The highest BCUT2D eigenvalue weighted by molar-refractivity contribution is 7.14. The van der Waals surface area contributed by atoms with Gasteiger partial charge in [-0.05, 0) is 18.2 Å². The van der Waals surface area contributed by atoms with E-state index in [9.17, 15) is 14.4 Å². The topological polar surface area (TPSA) is 101 Å². The molecular formula is C18H18N4O5S. The van der Waals surface area contributed by atoms with E-state index in [1.54, 1.807) is 33.4 Å². The van der Waals surface area contributed by atoms with Crippen molar-refractivity contribution in [1.82, 2.24) is 14.8 Å². The SMILES string of the molecule is CC(=O)N1CCN(C(=O)c2csc(NC(=O)c3ccc4c(c3)OCO4)n2)CC1. The maximum Gasteiger partial charge on any atom is 0.273 e. The van der Waals surface area contributed by atoms with Crippen molar-refractivity contribution < 1.29 is 23.9 Å². The number of nitrogens with zero attached hydrogens (tertiary/aromatic N) is 3. The smallest absolute Gasteiger partial charge is 0.273 e. The summed E-state index contributed by atoms with van der Waals surface area (Å²) < 4.78 is 10.5. The van der Waals surface area contributed by atoms with Gasteiger partial charge in [0.2, 0.25) is 12.7 Å². The summed E-state index contributed by atoms with van der Waals surface area (Å²) in [4.78, 5) is 44.0. The summed E-state index contributed by atoms with van der Waals surface area (Å²) in [6.07, 6.45) is 0. The summed E-state index contributed by atoms with van der Waals surface area (Å²) in [5.74, 6) is 0.579. The van der Waals surface area contributed by atoms with E-state index < -0.39 is 0 Å². The minimum atomic E-state index is -0.346. The molecule has 1 saturated heterocycles. The molecule has 0 unspecified atom stereocenters. The average molecular weight is 402 g/mol. The van der Waals surface area contributed by atoms with E-state index in [1.165, 1.54) is 18.3 Å². The zero-order valence-corrected chi connectivity index (χ0v) is 16.0. The molecule has 0 aliphatic carbocycles. The number of carbonyl (C=O) groups is 3. The average Bonchev–Trinajstić information content (AvgIpc) is 3.36. The minimum Gasteiger partial charge on any atom is -0.454 e. The van der Waals surface area contributed by atoms with Crippen LogP contribution in [0.3, 0.4) is 0 Å². The number of piperazine rings is 1. The van der Waals surface area contributed by atoms with Gasteiger partial charge < -0.3 is 19.3 Å². The maximum absolute atomic E-state index is 12.6. The molecule has 0 radical (unpaired) electrons. The van der Waals surface area contributed by atoms with Crippen molar-refractivity contribution in [3.63, 3.8) is 0 Å². The first kappa shape index (κ1) is 18.2. The molecule has 4 rings (SSSR count). The molecule has 28 heavy (non-hydrogen) atoms. The Morgan fingerprint density at radius 2 is 1.79 bits per heavy atom. The van der Waals surface area contributed by atoms with E-state index in [4.69, 9.17) is 9.47 Å². The number of aromatic nitrogens is 1. The van der Waals surface area contributed by atoms with Gasteiger partial charge in [0.1, 0.15) is 5.69 Å². The van der Waals surface area contributed by atoms with Gasteiger partial charge in [-0.15, -0.1) is 11.3 Å². The molecule has 1 fully saturated rings. The highest BCUT2D eigenvalue weighted by Gasteiger charge is 2.25. The fraction of sp³-hybridized carbons (Fsp3) is 0.333. The number of amides is 3. The van der Waals surface area contributed by atoms with Crippen molar-refractivity contribution in [3.05, 3.63) is 34.8 Å². The van der Waals surface area contributed by atoms with Gasteiger partial charge >= 0.3 is 0 Å². The van der Waals surface area contributed by atoms with Crippen molar-refractivity contribution in [3.8, 4) is 11.5 Å². The van der Waals surface area contributed by atoms with Crippen LogP contribution in [-0.2, 0) is 4.79 Å². The number of fused-ring (bicyclic) bond motifs is 1. The molecule has 2 aliphatic rings. The molecule has 146 valence electrons. The summed E-state index contributed by atoms with van der Waals surface area (Å²) in [6, 6.07) is 4.91. The summed E-state index contributed by atoms with van der Waals surface area (Å²) >= 11 is 1.18. The Morgan fingerprint density at radius 1 is 1.07 bits per heavy atom. The standard InChI is InChI=1S/C18H18N4O5S/c1-11(23)21-4-6-22(7-5-21)17(25)13-9-28-18(19-13)20-16(24)12-2-3-14-15(8-12)27-10-26-14/h2-3,8-9H,4-7,10H2,1H3,(H,19,20,24). The van der Waals surface area contributed by atoms with Crippen LogP contribution in [0.2, 0.25) is 0 Å². The number of nitrogens with one attached hydrogen (secondary N) is 1. The predicted octanol–water partition coefficient (Wildman–Crippen LogP) is 1.43. The molecule has 0 saturated carbocycles. The zero-order valence-electron chi connectivity index (χ0n) is 15.1. The van der Waals surface area contributed by atoms with Crippen LogP contribution in [0.5, 0.6) is 11.5 Å². The van der Waals surface area contributed by atoms with E-state index in [1.807, 2.05) is 0 Å². The first-order valence-electron chi connectivity index (χ1n) is 8.72. The molecule has 0 bridgehead atoms. The molecule has 9 nitrogen and oxygen atoms in total. The number of anilines is 1. The lowest BCUT2D eigenvalue weighted by Crippen LogP contribution is -2.50. The van der Waals surface area contributed by atoms with Crippen LogP contribution in [0.25, 0.3) is 0 Å². The second kappa shape index (κ2) is 7.47. The van der Waals surface area contributed by atoms with Crippen LogP contribution in [0.1, 0.15) is 27.8 Å². The number of hydrogen-bond donors (Lipinski definition) is 1. The van der Waals surface area contributed by atoms with Crippen LogP contribution < -0.4 is 14.8 Å². The summed E-state index contributed by atoms with van der Waals surface area (Å²) in [5, 5.41) is 4.66. The van der Waals surface area contributed by atoms with Crippen molar-refractivity contribution in [2.45, 2.75) is 6.92 Å². The molecule has 10 heteroatoms. The molecule has 1 N–H and O–H groups in total. The monoisotopic (exact) mass is 402 g/mol. The number of carbonyl (C=O) groups excluding carboxylic acids is 3. The van der Waals surface area contributed by atoms with E-state index in [0.717, 1.165) is 0 Å². The fourth-order valence-corrected chi connectivity index (χ4v) is 3.70. The van der Waals surface area contributed by atoms with Gasteiger partial charge in [0, 0.05) is 44.0 Å². The molecule has 2 aromatic rings. The van der Waals surface area contributed by atoms with Crippen LogP contribution in [0.15, 0.2) is 23.6 Å². The first-order chi connectivity index (χ1) is 13.5. The minimum absolute atomic E-state index is 0.00859. The molecule has 0 spiro atoms. The van der Waals surface area contributed by atoms with Gasteiger partial charge in [0.05, 0.1) is 0 Å². The zero-order chi connectivity index (χ0) is 19.7. The lowest BCUT2D eigenvalue weighted by atomic mass is 10.2. The summed E-state index contributed by atoms with van der Waals surface area (Å²) in [7, 11) is 0. The number of ether oxygens (including phenoxy) is 2. The molecule has 2 aliphatic heterocycles. The van der Waals surface area contributed by atoms with Crippen LogP contribution >= 0.6 is 11.3 Å². The normalized spacial score (nSPS) is 15.5. The molecule has 3 amide bonds. The maximum atomic E-state index is 12.6. The molecule has 3 heterocycles. The van der Waals surface area contributed by atoms with Crippen LogP contribution in [-0.4, -0.2) is 65.5 Å². The lowest BCUT2D eigenvalue weighted by molar-refractivity contribution is -0.130. The Balaban J connectivity index is 1.38. The molecule has 1 aromatic carbocycles. The third kappa shape index (κ3) is 3.63. The molecular weight excluding hydrogens is 384 g/mol. The van der Waals surface area contributed by atoms with Gasteiger partial charge in [0.15, 0.2) is 16.6 Å². The summed E-state index contributed by atoms with van der Waals surface area (Å²) in [5.41, 5.74) is 0.690. The number of rotatable bonds is 3. The van der Waals surface area contributed by atoms with Crippen molar-refractivity contribution in [1.29, 1.82) is 0 Å². The number of thiazole rings is 1. The van der Waals surface area contributed by atoms with Gasteiger partial charge in [0.25, 0.3) is 11.8 Å². The summed E-state index contributed by atoms with van der Waals surface area (Å²) in [6.45, 7) is 3.62.